The number of guanidine groups is 1. The number of rotatable bonds is 5. The fraction of sp³-hybridized carbons (Fsp3) is 0.375. The molecule has 0 fully saturated rings. The zero-order valence-corrected chi connectivity index (χ0v) is 13.4. The Morgan fingerprint density at radius 3 is 2.70 bits per heavy atom. The number of hydrogen-bond acceptors (Lipinski definition) is 3. The average Bonchev–Trinajstić information content (AvgIpc) is 2.85. The number of hydrogen-bond donors (Lipinski definition) is 2. The molecular formula is C16H20F2N4O. The molecule has 0 unspecified atom stereocenters. The summed E-state index contributed by atoms with van der Waals surface area (Å²) in [7, 11) is 1.62. The fourth-order valence-corrected chi connectivity index (χ4v) is 2.24. The van der Waals surface area contributed by atoms with Gasteiger partial charge in [-0.05, 0) is 38.5 Å². The van der Waals surface area contributed by atoms with Crippen LogP contribution in [0, 0.1) is 25.5 Å². The second-order valence-electron chi connectivity index (χ2n) is 5.14. The predicted molar refractivity (Wildman–Crippen MR) is 84.2 cm³/mol. The van der Waals surface area contributed by atoms with Crippen molar-refractivity contribution in [2.45, 2.75) is 26.8 Å². The van der Waals surface area contributed by atoms with Gasteiger partial charge in [-0.15, -0.1) is 0 Å². The summed E-state index contributed by atoms with van der Waals surface area (Å²) in [5.41, 5.74) is 2.18. The Kier molecular flexibility index (Phi) is 5.67. The first-order chi connectivity index (χ1) is 11.0. The molecule has 0 radical (unpaired) electrons. The molecule has 2 aromatic rings. The van der Waals surface area contributed by atoms with Crippen LogP contribution in [0.3, 0.4) is 0 Å². The number of benzene rings is 1. The van der Waals surface area contributed by atoms with E-state index in [0.29, 0.717) is 12.5 Å². The predicted octanol–water partition coefficient (Wildman–Crippen LogP) is 2.48. The lowest BCUT2D eigenvalue weighted by Gasteiger charge is -2.12. The fourth-order valence-electron chi connectivity index (χ4n) is 2.24. The summed E-state index contributed by atoms with van der Waals surface area (Å²) in [6.07, 6.45) is 0.732. The summed E-state index contributed by atoms with van der Waals surface area (Å²) < 4.78 is 31.8. The minimum absolute atomic E-state index is 0.147. The highest BCUT2D eigenvalue weighted by Crippen LogP contribution is 2.12. The Hall–Kier alpha value is -2.44. The second-order valence-corrected chi connectivity index (χ2v) is 5.14. The summed E-state index contributed by atoms with van der Waals surface area (Å²) in [4.78, 5) is 4.06. The molecule has 23 heavy (non-hydrogen) atoms. The van der Waals surface area contributed by atoms with Crippen LogP contribution in [0.4, 0.5) is 8.78 Å². The molecular weight excluding hydrogens is 302 g/mol. The van der Waals surface area contributed by atoms with Crippen molar-refractivity contribution < 1.29 is 13.3 Å². The number of aryl methyl sites for hydroxylation is 2. The summed E-state index contributed by atoms with van der Waals surface area (Å²) in [6.45, 7) is 4.53. The quantitative estimate of drug-likeness (QED) is 0.656. The van der Waals surface area contributed by atoms with Crippen LogP contribution in [0.1, 0.15) is 22.6 Å². The third-order valence-electron chi connectivity index (χ3n) is 3.53. The van der Waals surface area contributed by atoms with E-state index in [2.05, 4.69) is 20.8 Å². The Bertz CT molecular complexity index is 678. The molecule has 0 aliphatic rings. The van der Waals surface area contributed by atoms with Gasteiger partial charge in [-0.25, -0.2) is 8.78 Å². The van der Waals surface area contributed by atoms with E-state index in [1.165, 1.54) is 6.07 Å². The van der Waals surface area contributed by atoms with Crippen LogP contribution < -0.4 is 10.6 Å². The van der Waals surface area contributed by atoms with Crippen molar-refractivity contribution in [2.24, 2.45) is 4.99 Å². The van der Waals surface area contributed by atoms with Crippen molar-refractivity contribution in [1.82, 2.24) is 15.8 Å². The molecule has 1 heterocycles. The molecule has 0 saturated heterocycles. The first-order valence-electron chi connectivity index (χ1n) is 7.31. The Balaban J connectivity index is 1.85. The lowest BCUT2D eigenvalue weighted by Crippen LogP contribution is -2.38. The molecule has 0 amide bonds. The summed E-state index contributed by atoms with van der Waals surface area (Å²) >= 11 is 0. The monoisotopic (exact) mass is 322 g/mol. The number of halogens is 2. The van der Waals surface area contributed by atoms with Crippen molar-refractivity contribution in [3.05, 3.63) is 52.4 Å². The van der Waals surface area contributed by atoms with Crippen LogP contribution in [-0.2, 0) is 13.0 Å². The second kappa shape index (κ2) is 7.71. The highest BCUT2D eigenvalue weighted by atomic mass is 19.1. The molecule has 2 N–H and O–H groups in total. The largest absolute Gasteiger partial charge is 0.361 e. The zero-order chi connectivity index (χ0) is 16.8. The molecule has 0 aliphatic carbocycles. The van der Waals surface area contributed by atoms with E-state index in [1.807, 2.05) is 13.8 Å². The van der Waals surface area contributed by atoms with Crippen molar-refractivity contribution >= 4 is 5.96 Å². The van der Waals surface area contributed by atoms with Crippen molar-refractivity contribution in [3.63, 3.8) is 0 Å². The van der Waals surface area contributed by atoms with Crippen LogP contribution in [0.15, 0.2) is 27.7 Å². The van der Waals surface area contributed by atoms with Gasteiger partial charge < -0.3 is 15.2 Å². The maximum Gasteiger partial charge on any atom is 0.191 e. The van der Waals surface area contributed by atoms with Gasteiger partial charge in [0.05, 0.1) is 5.69 Å². The van der Waals surface area contributed by atoms with Gasteiger partial charge in [0.2, 0.25) is 0 Å². The van der Waals surface area contributed by atoms with E-state index in [-0.39, 0.29) is 12.1 Å². The molecule has 7 heteroatoms. The summed E-state index contributed by atoms with van der Waals surface area (Å²) in [5, 5.41) is 9.98. The van der Waals surface area contributed by atoms with E-state index >= 15 is 0 Å². The third kappa shape index (κ3) is 4.51. The number of aliphatic imine (C=N–C) groups is 1. The highest BCUT2D eigenvalue weighted by Gasteiger charge is 2.09. The van der Waals surface area contributed by atoms with Gasteiger partial charge in [-0.2, -0.15) is 0 Å². The maximum atomic E-state index is 13.6. The van der Waals surface area contributed by atoms with Gasteiger partial charge >= 0.3 is 0 Å². The van der Waals surface area contributed by atoms with E-state index in [0.717, 1.165) is 35.6 Å². The van der Waals surface area contributed by atoms with Crippen LogP contribution in [0.2, 0.25) is 0 Å². The van der Waals surface area contributed by atoms with Gasteiger partial charge in [-0.3, -0.25) is 4.99 Å². The molecule has 0 aliphatic heterocycles. The zero-order valence-electron chi connectivity index (χ0n) is 13.4. The SMILES string of the molecule is CN=C(NCCc1c(C)noc1C)NCc1cc(F)ccc1F. The first kappa shape index (κ1) is 16.9. The molecule has 0 bridgehead atoms. The normalized spacial score (nSPS) is 11.6. The third-order valence-corrected chi connectivity index (χ3v) is 3.53. The first-order valence-corrected chi connectivity index (χ1v) is 7.31. The summed E-state index contributed by atoms with van der Waals surface area (Å²) in [6, 6.07) is 3.37. The summed E-state index contributed by atoms with van der Waals surface area (Å²) in [5.74, 6) is 0.393. The van der Waals surface area contributed by atoms with E-state index in [1.54, 1.807) is 7.05 Å². The van der Waals surface area contributed by atoms with Crippen molar-refractivity contribution in [3.8, 4) is 0 Å². The van der Waals surface area contributed by atoms with Gasteiger partial charge in [0, 0.05) is 31.3 Å². The lowest BCUT2D eigenvalue weighted by molar-refractivity contribution is 0.392. The standard InChI is InChI=1S/C16H20F2N4O/c1-10-14(11(2)23-22-10)6-7-20-16(19-3)21-9-12-8-13(17)4-5-15(12)18/h4-5,8H,6-7,9H2,1-3H3,(H2,19,20,21). The van der Waals surface area contributed by atoms with Crippen LogP contribution in [0.25, 0.3) is 0 Å². The minimum Gasteiger partial charge on any atom is -0.361 e. The minimum atomic E-state index is -0.468. The molecule has 124 valence electrons. The molecule has 0 spiro atoms. The van der Waals surface area contributed by atoms with Crippen LogP contribution in [-0.4, -0.2) is 24.7 Å². The number of nitrogens with one attached hydrogen (secondary N) is 2. The number of nitrogens with zero attached hydrogens (tertiary/aromatic N) is 2. The number of aromatic nitrogens is 1. The van der Waals surface area contributed by atoms with E-state index in [9.17, 15) is 8.78 Å². The Morgan fingerprint density at radius 2 is 2.04 bits per heavy atom. The smallest absolute Gasteiger partial charge is 0.191 e. The lowest BCUT2D eigenvalue weighted by atomic mass is 10.1. The molecule has 1 aromatic carbocycles. The topological polar surface area (TPSA) is 62.5 Å². The Morgan fingerprint density at radius 1 is 1.26 bits per heavy atom. The van der Waals surface area contributed by atoms with Gasteiger partial charge in [0.1, 0.15) is 17.4 Å². The van der Waals surface area contributed by atoms with Gasteiger partial charge in [0.25, 0.3) is 0 Å². The van der Waals surface area contributed by atoms with Crippen molar-refractivity contribution in [1.29, 1.82) is 0 Å². The van der Waals surface area contributed by atoms with Gasteiger partial charge in [-0.1, -0.05) is 5.16 Å². The molecule has 0 saturated carbocycles. The van der Waals surface area contributed by atoms with Gasteiger partial charge in [0.15, 0.2) is 5.96 Å². The molecule has 5 nitrogen and oxygen atoms in total. The van der Waals surface area contributed by atoms with E-state index in [4.69, 9.17) is 4.52 Å². The average molecular weight is 322 g/mol. The molecule has 1 aromatic heterocycles. The highest BCUT2D eigenvalue weighted by molar-refractivity contribution is 5.79. The van der Waals surface area contributed by atoms with Crippen LogP contribution in [0.5, 0.6) is 0 Å². The Labute approximate surface area is 133 Å². The molecule has 2 rings (SSSR count). The van der Waals surface area contributed by atoms with E-state index < -0.39 is 11.6 Å². The van der Waals surface area contributed by atoms with Crippen molar-refractivity contribution in [2.75, 3.05) is 13.6 Å². The van der Waals surface area contributed by atoms with Crippen LogP contribution >= 0.6 is 0 Å². The molecule has 0 atom stereocenters. The maximum absolute atomic E-state index is 13.6.